The highest BCUT2D eigenvalue weighted by atomic mass is 16.5. The van der Waals surface area contributed by atoms with Crippen LogP contribution in [0, 0.1) is 0 Å². The minimum absolute atomic E-state index is 0.0131. The first-order valence-corrected chi connectivity index (χ1v) is 18.0. The quantitative estimate of drug-likeness (QED) is 0.0482. The average Bonchev–Trinajstić information content (AvgIpc) is 2.97. The van der Waals surface area contributed by atoms with Crippen molar-refractivity contribution in [3.63, 3.8) is 0 Å². The van der Waals surface area contributed by atoms with Crippen LogP contribution in [0.5, 0.6) is 0 Å². The Labute approximate surface area is 260 Å². The van der Waals surface area contributed by atoms with Crippen LogP contribution in [0.25, 0.3) is 0 Å². The number of allylic oxidation sites excluding steroid dienone is 6. The molecule has 0 aromatic rings. The van der Waals surface area contributed by atoms with E-state index in [1.54, 1.807) is 0 Å². The fourth-order valence-electron chi connectivity index (χ4n) is 5.24. The van der Waals surface area contributed by atoms with Crippen molar-refractivity contribution in [2.45, 2.75) is 193 Å². The molecule has 4 heteroatoms. The van der Waals surface area contributed by atoms with E-state index in [-0.39, 0.29) is 12.1 Å². The summed E-state index contributed by atoms with van der Waals surface area (Å²) in [5, 5.41) is 8.66. The molecule has 244 valence electrons. The van der Waals surface area contributed by atoms with Gasteiger partial charge in [0.25, 0.3) is 0 Å². The number of carbonyl (C=O) groups excluding carboxylic acids is 1. The van der Waals surface area contributed by atoms with Crippen molar-refractivity contribution >= 4 is 11.9 Å². The molecule has 0 aliphatic rings. The molecule has 0 saturated heterocycles. The summed E-state index contributed by atoms with van der Waals surface area (Å²) in [6.45, 7) is 4.37. The highest BCUT2D eigenvalue weighted by Gasteiger charge is 2.13. The number of aliphatic carboxylic acids is 1. The van der Waals surface area contributed by atoms with Gasteiger partial charge in [0.15, 0.2) is 0 Å². The Balaban J connectivity index is 3.70. The second kappa shape index (κ2) is 33.7. The Morgan fingerprint density at radius 1 is 0.548 bits per heavy atom. The lowest BCUT2D eigenvalue weighted by atomic mass is 10.0. The minimum Gasteiger partial charge on any atom is -0.481 e. The molecule has 0 aliphatic heterocycles. The lowest BCUT2D eigenvalue weighted by molar-refractivity contribution is -0.150. The van der Waals surface area contributed by atoms with Crippen LogP contribution in [-0.4, -0.2) is 23.1 Å². The molecule has 0 aliphatic carbocycles. The molecule has 1 atom stereocenters. The Hall–Kier alpha value is -1.84. The second-order valence-corrected chi connectivity index (χ2v) is 12.0. The molecule has 42 heavy (non-hydrogen) atoms. The highest BCUT2D eigenvalue weighted by Crippen LogP contribution is 2.18. The van der Waals surface area contributed by atoms with Gasteiger partial charge >= 0.3 is 11.9 Å². The summed E-state index contributed by atoms with van der Waals surface area (Å²) in [5.74, 6) is -0.659. The molecule has 0 heterocycles. The zero-order valence-corrected chi connectivity index (χ0v) is 27.8. The highest BCUT2D eigenvalue weighted by molar-refractivity contribution is 5.69. The molecular weight excluding hydrogens is 520 g/mol. The molecule has 0 rings (SSSR count). The van der Waals surface area contributed by atoms with E-state index in [1.807, 2.05) is 0 Å². The zero-order valence-electron chi connectivity index (χ0n) is 27.8. The van der Waals surface area contributed by atoms with E-state index in [9.17, 15) is 9.59 Å². The van der Waals surface area contributed by atoms with Crippen LogP contribution in [0.2, 0.25) is 0 Å². The predicted octanol–water partition coefficient (Wildman–Crippen LogP) is 12.2. The zero-order chi connectivity index (χ0) is 30.8. The van der Waals surface area contributed by atoms with Crippen LogP contribution in [0.4, 0.5) is 0 Å². The van der Waals surface area contributed by atoms with Gasteiger partial charge in [0.1, 0.15) is 6.10 Å². The number of esters is 1. The summed E-state index contributed by atoms with van der Waals surface area (Å²) in [5.41, 5.74) is 0. The normalized spacial score (nSPS) is 12.6. The molecule has 0 spiro atoms. The lowest BCUT2D eigenvalue weighted by Gasteiger charge is -2.18. The molecule has 1 N–H and O–H groups in total. The van der Waals surface area contributed by atoms with Gasteiger partial charge in [-0.2, -0.15) is 0 Å². The number of hydrogen-bond donors (Lipinski definition) is 1. The summed E-state index contributed by atoms with van der Waals surface area (Å²) in [4.78, 5) is 23.0. The lowest BCUT2D eigenvalue weighted by Crippen LogP contribution is -2.18. The monoisotopic (exact) mass is 589 g/mol. The Morgan fingerprint density at radius 2 is 1.00 bits per heavy atom. The van der Waals surface area contributed by atoms with E-state index in [0.717, 1.165) is 77.0 Å². The smallest absolute Gasteiger partial charge is 0.306 e. The summed E-state index contributed by atoms with van der Waals surface area (Å²) in [6, 6.07) is 0. The maximum Gasteiger partial charge on any atom is 0.306 e. The minimum atomic E-state index is -0.672. The third-order valence-corrected chi connectivity index (χ3v) is 7.88. The van der Waals surface area contributed by atoms with Crippen molar-refractivity contribution in [2.75, 3.05) is 0 Å². The van der Waals surface area contributed by atoms with E-state index in [2.05, 4.69) is 50.3 Å². The molecule has 0 fully saturated rings. The fraction of sp³-hybridized carbons (Fsp3) is 0.789. The summed E-state index contributed by atoms with van der Waals surface area (Å²) < 4.78 is 5.90. The van der Waals surface area contributed by atoms with Gasteiger partial charge in [0, 0.05) is 12.8 Å². The van der Waals surface area contributed by atoms with Crippen molar-refractivity contribution in [1.82, 2.24) is 0 Å². The molecular formula is C38H68O4. The van der Waals surface area contributed by atoms with E-state index >= 15 is 0 Å². The Bertz CT molecular complexity index is 679. The van der Waals surface area contributed by atoms with Crippen molar-refractivity contribution in [3.8, 4) is 0 Å². The molecule has 0 saturated carbocycles. The van der Waals surface area contributed by atoms with E-state index in [4.69, 9.17) is 9.84 Å². The van der Waals surface area contributed by atoms with E-state index in [0.29, 0.717) is 12.8 Å². The van der Waals surface area contributed by atoms with Gasteiger partial charge < -0.3 is 9.84 Å². The molecule has 0 aromatic heterocycles. The van der Waals surface area contributed by atoms with Crippen LogP contribution in [-0.2, 0) is 14.3 Å². The standard InChI is InChI=1S/C38H68O4/c1-3-5-7-8-9-10-11-12-13-14-19-22-25-28-31-35-38(41)42-36(32-6-4-2)33-29-26-23-20-17-15-16-18-21-24-27-30-34-37(39)40/h5,7,9-10,12-13,36H,3-4,6,8,11,14-35H2,1-2H3,(H,39,40)/b7-5-,10-9-,13-12-. The number of carbonyl (C=O) groups is 2. The SMILES string of the molecule is CC/C=C\C/C=C\C/C=C\CCCCCCCC(=O)OC(CCCC)CCCCCCCCCCCCCCC(=O)O. The van der Waals surface area contributed by atoms with Crippen molar-refractivity contribution < 1.29 is 19.4 Å². The van der Waals surface area contributed by atoms with Gasteiger partial charge in [-0.1, -0.05) is 147 Å². The predicted molar refractivity (Wildman–Crippen MR) is 181 cm³/mol. The largest absolute Gasteiger partial charge is 0.481 e. The van der Waals surface area contributed by atoms with Gasteiger partial charge in [-0.25, -0.2) is 0 Å². The molecule has 0 aromatic carbocycles. The summed E-state index contributed by atoms with van der Waals surface area (Å²) in [7, 11) is 0. The fourth-order valence-corrected chi connectivity index (χ4v) is 5.24. The van der Waals surface area contributed by atoms with Crippen molar-refractivity contribution in [2.24, 2.45) is 0 Å². The van der Waals surface area contributed by atoms with E-state index in [1.165, 1.54) is 83.5 Å². The number of hydrogen-bond acceptors (Lipinski definition) is 3. The number of unbranched alkanes of at least 4 members (excludes halogenated alkanes) is 17. The third kappa shape index (κ3) is 32.7. The van der Waals surface area contributed by atoms with Gasteiger partial charge in [-0.15, -0.1) is 0 Å². The first-order chi connectivity index (χ1) is 20.6. The molecule has 1 unspecified atom stereocenters. The number of carboxylic acids is 1. The number of carboxylic acid groups (broad SMARTS) is 1. The topological polar surface area (TPSA) is 63.6 Å². The van der Waals surface area contributed by atoms with Crippen LogP contribution >= 0.6 is 0 Å². The molecule has 0 amide bonds. The van der Waals surface area contributed by atoms with Gasteiger partial charge in [-0.3, -0.25) is 9.59 Å². The number of rotatable bonds is 32. The van der Waals surface area contributed by atoms with Crippen LogP contribution in [0.1, 0.15) is 187 Å². The van der Waals surface area contributed by atoms with Crippen molar-refractivity contribution in [1.29, 1.82) is 0 Å². The van der Waals surface area contributed by atoms with E-state index < -0.39 is 5.97 Å². The molecule has 4 nitrogen and oxygen atoms in total. The second-order valence-electron chi connectivity index (χ2n) is 12.0. The maximum atomic E-state index is 12.4. The molecule has 0 bridgehead atoms. The van der Waals surface area contributed by atoms with Crippen LogP contribution in [0.3, 0.4) is 0 Å². The van der Waals surface area contributed by atoms with Crippen molar-refractivity contribution in [3.05, 3.63) is 36.5 Å². The van der Waals surface area contributed by atoms with Crippen LogP contribution in [0.15, 0.2) is 36.5 Å². The number of ether oxygens (including phenoxy) is 1. The first kappa shape index (κ1) is 40.2. The summed E-state index contributed by atoms with van der Waals surface area (Å²) >= 11 is 0. The third-order valence-electron chi connectivity index (χ3n) is 7.88. The Kier molecular flexibility index (Phi) is 32.2. The van der Waals surface area contributed by atoms with Gasteiger partial charge in [-0.05, 0) is 64.2 Å². The average molecular weight is 589 g/mol. The first-order valence-electron chi connectivity index (χ1n) is 18.0. The van der Waals surface area contributed by atoms with Gasteiger partial charge in [0.2, 0.25) is 0 Å². The van der Waals surface area contributed by atoms with Crippen LogP contribution < -0.4 is 0 Å². The Morgan fingerprint density at radius 3 is 1.55 bits per heavy atom. The molecule has 0 radical (unpaired) electrons. The van der Waals surface area contributed by atoms with Gasteiger partial charge in [0.05, 0.1) is 0 Å². The maximum absolute atomic E-state index is 12.4. The summed E-state index contributed by atoms with van der Waals surface area (Å²) in [6.07, 6.45) is 43.4.